The fourth-order valence-corrected chi connectivity index (χ4v) is 2.00. The van der Waals surface area contributed by atoms with Gasteiger partial charge in [-0.05, 0) is 37.1 Å². The summed E-state index contributed by atoms with van der Waals surface area (Å²) in [6, 6.07) is 6.37. The first kappa shape index (κ1) is 12.8. The lowest BCUT2D eigenvalue weighted by Gasteiger charge is -2.05. The Hall–Kier alpha value is -1.69. The topological polar surface area (TPSA) is 78.4 Å². The maximum atomic E-state index is 11.5. The lowest BCUT2D eigenvalue weighted by atomic mass is 10.3. The molecule has 6 heteroatoms. The van der Waals surface area contributed by atoms with Gasteiger partial charge >= 0.3 is 6.03 Å². The van der Waals surface area contributed by atoms with Crippen LogP contribution in [0, 0.1) is 0 Å². The summed E-state index contributed by atoms with van der Waals surface area (Å²) in [6.45, 7) is 0. The largest absolute Gasteiger partial charge is 0.508 e. The molecule has 0 unspecified atom stereocenters. The zero-order chi connectivity index (χ0) is 13.0. The number of imide groups is 1. The Kier molecular flexibility index (Phi) is 4.09. The molecule has 3 N–H and O–H groups in total. The van der Waals surface area contributed by atoms with Gasteiger partial charge in [-0.2, -0.15) is 0 Å². The Morgan fingerprint density at radius 3 is 2.56 bits per heavy atom. The normalized spacial score (nSPS) is 14.0. The number of hydrogen-bond acceptors (Lipinski definition) is 4. The van der Waals surface area contributed by atoms with Crippen LogP contribution >= 0.6 is 11.8 Å². The Morgan fingerprint density at radius 2 is 1.94 bits per heavy atom. The molecule has 1 aliphatic rings. The molecule has 1 aromatic rings. The third-order valence-electron chi connectivity index (χ3n) is 2.37. The van der Waals surface area contributed by atoms with Crippen LogP contribution in [0.15, 0.2) is 29.2 Å². The van der Waals surface area contributed by atoms with E-state index >= 15 is 0 Å². The highest BCUT2D eigenvalue weighted by molar-refractivity contribution is 8.00. The Morgan fingerprint density at radius 1 is 1.28 bits per heavy atom. The summed E-state index contributed by atoms with van der Waals surface area (Å²) >= 11 is 1.31. The molecule has 0 spiro atoms. The van der Waals surface area contributed by atoms with Crippen LogP contribution in [0.4, 0.5) is 4.79 Å². The lowest BCUT2D eigenvalue weighted by molar-refractivity contribution is -0.117. The van der Waals surface area contributed by atoms with Crippen LogP contribution in [0.5, 0.6) is 5.75 Å². The number of hydrogen-bond donors (Lipinski definition) is 3. The number of phenols is 1. The quantitative estimate of drug-likeness (QED) is 0.721. The summed E-state index contributed by atoms with van der Waals surface area (Å²) in [6.07, 6.45) is 1.98. The molecule has 1 aromatic carbocycles. The lowest BCUT2D eigenvalue weighted by Crippen LogP contribution is -2.41. The molecule has 0 heterocycles. The van der Waals surface area contributed by atoms with E-state index in [1.54, 1.807) is 24.3 Å². The summed E-state index contributed by atoms with van der Waals surface area (Å²) in [5, 5.41) is 14.1. The van der Waals surface area contributed by atoms with Crippen molar-refractivity contribution >= 4 is 23.7 Å². The standard InChI is InChI=1S/C12H14N2O3S/c15-9-3-5-10(6-4-9)18-7-11(16)14-12(17)13-8-1-2-8/h3-6,8,15H,1-2,7H2,(H2,13,14,16,17). The van der Waals surface area contributed by atoms with Gasteiger partial charge in [-0.3, -0.25) is 10.1 Å². The van der Waals surface area contributed by atoms with Gasteiger partial charge in [0.15, 0.2) is 0 Å². The molecule has 0 aromatic heterocycles. The Labute approximate surface area is 109 Å². The molecule has 0 aliphatic heterocycles. The summed E-state index contributed by atoms with van der Waals surface area (Å²) in [7, 11) is 0. The zero-order valence-corrected chi connectivity index (χ0v) is 10.5. The van der Waals surface area contributed by atoms with Gasteiger partial charge in [-0.25, -0.2) is 4.79 Å². The van der Waals surface area contributed by atoms with Crippen molar-refractivity contribution in [1.29, 1.82) is 0 Å². The van der Waals surface area contributed by atoms with Gasteiger partial charge in [0, 0.05) is 10.9 Å². The number of urea groups is 1. The van der Waals surface area contributed by atoms with E-state index in [2.05, 4.69) is 10.6 Å². The van der Waals surface area contributed by atoms with E-state index in [0.29, 0.717) is 0 Å². The van der Waals surface area contributed by atoms with Gasteiger partial charge in [0.1, 0.15) is 5.75 Å². The van der Waals surface area contributed by atoms with E-state index in [0.717, 1.165) is 17.7 Å². The van der Waals surface area contributed by atoms with Crippen LogP contribution in [0.1, 0.15) is 12.8 Å². The summed E-state index contributed by atoms with van der Waals surface area (Å²) < 4.78 is 0. The average molecular weight is 266 g/mol. The number of phenolic OH excluding ortho intramolecular Hbond substituents is 1. The molecule has 3 amide bonds. The van der Waals surface area contributed by atoms with Crippen molar-refractivity contribution < 1.29 is 14.7 Å². The van der Waals surface area contributed by atoms with Gasteiger partial charge in [-0.15, -0.1) is 11.8 Å². The number of amides is 3. The van der Waals surface area contributed by atoms with Crippen molar-refractivity contribution in [1.82, 2.24) is 10.6 Å². The van der Waals surface area contributed by atoms with Gasteiger partial charge in [0.05, 0.1) is 5.75 Å². The van der Waals surface area contributed by atoms with Crippen LogP contribution in [-0.2, 0) is 4.79 Å². The summed E-state index contributed by atoms with van der Waals surface area (Å²) in [5.41, 5.74) is 0. The second kappa shape index (κ2) is 5.77. The molecule has 0 saturated heterocycles. The number of rotatable bonds is 4. The third kappa shape index (κ3) is 4.29. The molecule has 1 saturated carbocycles. The number of benzene rings is 1. The first-order chi connectivity index (χ1) is 8.63. The highest BCUT2D eigenvalue weighted by Crippen LogP contribution is 2.20. The minimum atomic E-state index is -0.422. The molecule has 18 heavy (non-hydrogen) atoms. The minimum absolute atomic E-state index is 0.170. The highest BCUT2D eigenvalue weighted by Gasteiger charge is 2.23. The van der Waals surface area contributed by atoms with E-state index in [1.165, 1.54) is 11.8 Å². The van der Waals surface area contributed by atoms with Crippen LogP contribution < -0.4 is 10.6 Å². The SMILES string of the molecule is O=C(CSc1ccc(O)cc1)NC(=O)NC1CC1. The number of thioether (sulfide) groups is 1. The molecule has 0 bridgehead atoms. The van der Waals surface area contributed by atoms with E-state index in [1.807, 2.05) is 0 Å². The predicted molar refractivity (Wildman–Crippen MR) is 68.5 cm³/mol. The molecular weight excluding hydrogens is 252 g/mol. The van der Waals surface area contributed by atoms with E-state index in [9.17, 15) is 9.59 Å². The minimum Gasteiger partial charge on any atom is -0.508 e. The summed E-state index contributed by atoms with van der Waals surface area (Å²) in [5.74, 6) is 0.0295. The Bertz CT molecular complexity index is 443. The molecule has 2 rings (SSSR count). The molecule has 96 valence electrons. The molecule has 5 nitrogen and oxygen atoms in total. The van der Waals surface area contributed by atoms with Crippen molar-refractivity contribution in [3.8, 4) is 5.75 Å². The van der Waals surface area contributed by atoms with Crippen molar-refractivity contribution in [3.05, 3.63) is 24.3 Å². The van der Waals surface area contributed by atoms with Gasteiger partial charge < -0.3 is 10.4 Å². The highest BCUT2D eigenvalue weighted by atomic mass is 32.2. The number of aromatic hydroxyl groups is 1. The second-order valence-electron chi connectivity index (χ2n) is 4.08. The molecule has 1 aliphatic carbocycles. The van der Waals surface area contributed by atoms with Crippen LogP contribution in [-0.4, -0.2) is 28.8 Å². The van der Waals surface area contributed by atoms with Gasteiger partial charge in [-0.1, -0.05) is 0 Å². The maximum Gasteiger partial charge on any atom is 0.321 e. The van der Waals surface area contributed by atoms with Gasteiger partial charge in [0.2, 0.25) is 5.91 Å². The van der Waals surface area contributed by atoms with Crippen molar-refractivity contribution in [2.75, 3.05) is 5.75 Å². The first-order valence-electron chi connectivity index (χ1n) is 5.65. The monoisotopic (exact) mass is 266 g/mol. The van der Waals surface area contributed by atoms with Crippen molar-refractivity contribution in [2.24, 2.45) is 0 Å². The van der Waals surface area contributed by atoms with Crippen molar-refractivity contribution in [2.45, 2.75) is 23.8 Å². The summed E-state index contributed by atoms with van der Waals surface area (Å²) in [4.78, 5) is 23.6. The van der Waals surface area contributed by atoms with Crippen LogP contribution in [0.2, 0.25) is 0 Å². The molecule has 1 fully saturated rings. The average Bonchev–Trinajstić information content (AvgIpc) is 3.12. The second-order valence-corrected chi connectivity index (χ2v) is 5.13. The maximum absolute atomic E-state index is 11.5. The predicted octanol–water partition coefficient (Wildman–Crippen LogP) is 1.47. The van der Waals surface area contributed by atoms with Gasteiger partial charge in [0.25, 0.3) is 0 Å². The fourth-order valence-electron chi connectivity index (χ4n) is 1.30. The number of carbonyl (C=O) groups is 2. The smallest absolute Gasteiger partial charge is 0.321 e. The molecular formula is C12H14N2O3S. The Balaban J connectivity index is 1.70. The third-order valence-corrected chi connectivity index (χ3v) is 3.38. The zero-order valence-electron chi connectivity index (χ0n) is 9.68. The van der Waals surface area contributed by atoms with E-state index in [4.69, 9.17) is 5.11 Å². The fraction of sp³-hybridized carbons (Fsp3) is 0.333. The van der Waals surface area contributed by atoms with E-state index < -0.39 is 6.03 Å². The number of nitrogens with one attached hydrogen (secondary N) is 2. The van der Waals surface area contributed by atoms with Crippen molar-refractivity contribution in [3.63, 3.8) is 0 Å². The molecule has 0 atom stereocenters. The first-order valence-corrected chi connectivity index (χ1v) is 6.64. The van der Waals surface area contributed by atoms with E-state index in [-0.39, 0.29) is 23.5 Å². The van der Waals surface area contributed by atoms with Crippen LogP contribution in [0.25, 0.3) is 0 Å². The molecule has 0 radical (unpaired) electrons. The number of carbonyl (C=O) groups excluding carboxylic acids is 2. The van der Waals surface area contributed by atoms with Crippen LogP contribution in [0.3, 0.4) is 0 Å².